The van der Waals surface area contributed by atoms with E-state index in [-0.39, 0.29) is 23.5 Å². The minimum Gasteiger partial charge on any atom is -0.481 e. The number of ether oxygens (including phenoxy) is 1. The van der Waals surface area contributed by atoms with Crippen LogP contribution in [0.4, 0.5) is 8.78 Å². The average molecular weight is 409 g/mol. The van der Waals surface area contributed by atoms with Gasteiger partial charge in [-0.1, -0.05) is 12.1 Å². The standard InChI is InChI=1S/C24H21F2NO3/c1-15(17-3-9-20(25)10-4-17)27-24(29)16(2)30-22-13-7-19(8-14-22)23(28)18-5-11-21(26)12-6-18/h3-16H,1-2H3,(H,27,29)/t15-,16+/m1/s1. The molecule has 30 heavy (non-hydrogen) atoms. The van der Waals surface area contributed by atoms with Gasteiger partial charge in [0.1, 0.15) is 17.4 Å². The Labute approximate surface area is 173 Å². The van der Waals surface area contributed by atoms with E-state index in [2.05, 4.69) is 5.32 Å². The molecular formula is C24H21F2NO3. The van der Waals surface area contributed by atoms with Gasteiger partial charge in [0.05, 0.1) is 6.04 Å². The minimum absolute atomic E-state index is 0.236. The highest BCUT2D eigenvalue weighted by Gasteiger charge is 2.18. The third kappa shape index (κ3) is 5.29. The second-order valence-corrected chi connectivity index (χ2v) is 6.90. The number of rotatable bonds is 7. The summed E-state index contributed by atoms with van der Waals surface area (Å²) >= 11 is 0. The van der Waals surface area contributed by atoms with Crippen LogP contribution in [0, 0.1) is 11.6 Å². The number of halogens is 2. The summed E-state index contributed by atoms with van der Waals surface area (Å²) in [5.41, 5.74) is 1.59. The Morgan fingerprint density at radius 2 is 1.23 bits per heavy atom. The van der Waals surface area contributed by atoms with Crippen molar-refractivity contribution in [3.63, 3.8) is 0 Å². The molecule has 0 bridgehead atoms. The second-order valence-electron chi connectivity index (χ2n) is 6.90. The van der Waals surface area contributed by atoms with Crippen LogP contribution < -0.4 is 10.1 Å². The summed E-state index contributed by atoms with van der Waals surface area (Å²) in [5.74, 6) is -0.867. The first-order valence-corrected chi connectivity index (χ1v) is 9.46. The van der Waals surface area contributed by atoms with Crippen LogP contribution >= 0.6 is 0 Å². The molecule has 154 valence electrons. The summed E-state index contributed by atoms with van der Waals surface area (Å²) in [7, 11) is 0. The molecule has 2 atom stereocenters. The lowest BCUT2D eigenvalue weighted by Crippen LogP contribution is -2.37. The van der Waals surface area contributed by atoms with Gasteiger partial charge in [-0.3, -0.25) is 9.59 Å². The Bertz CT molecular complexity index is 1020. The Morgan fingerprint density at radius 3 is 1.77 bits per heavy atom. The highest BCUT2D eigenvalue weighted by Crippen LogP contribution is 2.18. The molecule has 4 nitrogen and oxygen atoms in total. The first-order chi connectivity index (χ1) is 14.3. The van der Waals surface area contributed by atoms with E-state index >= 15 is 0 Å². The summed E-state index contributed by atoms with van der Waals surface area (Å²) in [6, 6.07) is 17.3. The van der Waals surface area contributed by atoms with Gasteiger partial charge in [0.15, 0.2) is 11.9 Å². The van der Waals surface area contributed by atoms with Gasteiger partial charge in [0.25, 0.3) is 5.91 Å². The first kappa shape index (κ1) is 21.2. The normalized spacial score (nSPS) is 12.7. The van der Waals surface area contributed by atoms with Crippen molar-refractivity contribution >= 4 is 11.7 Å². The molecular weight excluding hydrogens is 388 g/mol. The van der Waals surface area contributed by atoms with Gasteiger partial charge in [0, 0.05) is 11.1 Å². The van der Waals surface area contributed by atoms with Gasteiger partial charge in [0.2, 0.25) is 0 Å². The van der Waals surface area contributed by atoms with Gasteiger partial charge >= 0.3 is 0 Å². The summed E-state index contributed by atoms with van der Waals surface area (Å²) in [6.07, 6.45) is -0.772. The molecule has 0 saturated heterocycles. The van der Waals surface area contributed by atoms with Crippen LogP contribution in [-0.2, 0) is 4.79 Å². The predicted octanol–water partition coefficient (Wildman–Crippen LogP) is 4.84. The molecule has 0 saturated carbocycles. The van der Waals surface area contributed by atoms with Crippen LogP contribution in [0.2, 0.25) is 0 Å². The molecule has 0 heterocycles. The Kier molecular flexibility index (Phi) is 6.57. The van der Waals surface area contributed by atoms with Crippen molar-refractivity contribution in [1.82, 2.24) is 5.32 Å². The zero-order valence-corrected chi connectivity index (χ0v) is 16.6. The number of hydrogen-bond acceptors (Lipinski definition) is 3. The first-order valence-electron chi connectivity index (χ1n) is 9.46. The smallest absolute Gasteiger partial charge is 0.261 e. The number of carbonyl (C=O) groups excluding carboxylic acids is 2. The van der Waals surface area contributed by atoms with Gasteiger partial charge in [-0.15, -0.1) is 0 Å². The lowest BCUT2D eigenvalue weighted by molar-refractivity contribution is -0.127. The van der Waals surface area contributed by atoms with Crippen molar-refractivity contribution in [1.29, 1.82) is 0 Å². The summed E-state index contributed by atoms with van der Waals surface area (Å²) in [6.45, 7) is 3.41. The van der Waals surface area contributed by atoms with E-state index in [1.807, 2.05) is 0 Å². The van der Waals surface area contributed by atoms with Gasteiger partial charge in [-0.2, -0.15) is 0 Å². The maximum Gasteiger partial charge on any atom is 0.261 e. The summed E-state index contributed by atoms with van der Waals surface area (Å²) < 4.78 is 31.7. The van der Waals surface area contributed by atoms with Crippen LogP contribution in [-0.4, -0.2) is 17.8 Å². The van der Waals surface area contributed by atoms with E-state index in [0.29, 0.717) is 16.9 Å². The van der Waals surface area contributed by atoms with Gasteiger partial charge in [-0.05, 0) is 80.1 Å². The number of carbonyl (C=O) groups is 2. The van der Waals surface area contributed by atoms with E-state index in [4.69, 9.17) is 4.74 Å². The molecule has 3 aromatic carbocycles. The molecule has 0 radical (unpaired) electrons. The monoisotopic (exact) mass is 409 g/mol. The molecule has 0 aliphatic rings. The lowest BCUT2D eigenvalue weighted by Gasteiger charge is -2.19. The molecule has 0 aromatic heterocycles. The SMILES string of the molecule is C[C@H](Oc1ccc(C(=O)c2ccc(F)cc2)cc1)C(=O)N[C@H](C)c1ccc(F)cc1. The minimum atomic E-state index is -0.772. The van der Waals surface area contributed by atoms with Crippen molar-refractivity contribution in [3.8, 4) is 5.75 Å². The van der Waals surface area contributed by atoms with Gasteiger partial charge in [-0.25, -0.2) is 8.78 Å². The molecule has 0 spiro atoms. The number of nitrogens with one attached hydrogen (secondary N) is 1. The number of amides is 1. The van der Waals surface area contributed by atoms with Crippen molar-refractivity contribution in [2.24, 2.45) is 0 Å². The van der Waals surface area contributed by atoms with Crippen LogP contribution in [0.15, 0.2) is 72.8 Å². The molecule has 0 unspecified atom stereocenters. The molecule has 0 aliphatic heterocycles. The number of benzene rings is 3. The molecule has 3 aromatic rings. The number of hydrogen-bond donors (Lipinski definition) is 1. The van der Waals surface area contributed by atoms with Crippen LogP contribution in [0.5, 0.6) is 5.75 Å². The van der Waals surface area contributed by atoms with Crippen molar-refractivity contribution in [3.05, 3.63) is 101 Å². The highest BCUT2D eigenvalue weighted by atomic mass is 19.1. The molecule has 6 heteroatoms. The Morgan fingerprint density at radius 1 is 0.767 bits per heavy atom. The topological polar surface area (TPSA) is 55.4 Å². The maximum absolute atomic E-state index is 13.0. The van der Waals surface area contributed by atoms with E-state index in [1.165, 1.54) is 36.4 Å². The third-order valence-corrected chi connectivity index (χ3v) is 4.63. The molecule has 1 amide bonds. The largest absolute Gasteiger partial charge is 0.481 e. The predicted molar refractivity (Wildman–Crippen MR) is 109 cm³/mol. The molecule has 0 fully saturated rings. The third-order valence-electron chi connectivity index (χ3n) is 4.63. The van der Waals surface area contributed by atoms with E-state index in [9.17, 15) is 18.4 Å². The van der Waals surface area contributed by atoms with E-state index in [1.54, 1.807) is 50.2 Å². The second kappa shape index (κ2) is 9.31. The van der Waals surface area contributed by atoms with Crippen LogP contribution in [0.1, 0.15) is 41.4 Å². The summed E-state index contributed by atoms with van der Waals surface area (Å²) in [4.78, 5) is 24.8. The zero-order valence-electron chi connectivity index (χ0n) is 16.6. The number of ketones is 1. The Balaban J connectivity index is 1.58. The molecule has 3 rings (SSSR count). The van der Waals surface area contributed by atoms with E-state index < -0.39 is 11.9 Å². The fourth-order valence-electron chi connectivity index (χ4n) is 2.88. The van der Waals surface area contributed by atoms with Crippen LogP contribution in [0.3, 0.4) is 0 Å². The fourth-order valence-corrected chi connectivity index (χ4v) is 2.88. The van der Waals surface area contributed by atoms with Crippen molar-refractivity contribution in [2.45, 2.75) is 26.0 Å². The maximum atomic E-state index is 13.0. The quantitative estimate of drug-likeness (QED) is 0.568. The van der Waals surface area contributed by atoms with Crippen molar-refractivity contribution in [2.75, 3.05) is 0 Å². The highest BCUT2D eigenvalue weighted by molar-refractivity contribution is 6.09. The Hall–Kier alpha value is -3.54. The molecule has 1 N–H and O–H groups in total. The van der Waals surface area contributed by atoms with Crippen molar-refractivity contribution < 1.29 is 23.1 Å². The lowest BCUT2D eigenvalue weighted by atomic mass is 10.0. The summed E-state index contributed by atoms with van der Waals surface area (Å²) in [5, 5.41) is 2.82. The molecule has 0 aliphatic carbocycles. The van der Waals surface area contributed by atoms with E-state index in [0.717, 1.165) is 5.56 Å². The zero-order chi connectivity index (χ0) is 21.7. The van der Waals surface area contributed by atoms with Gasteiger partial charge < -0.3 is 10.1 Å². The fraction of sp³-hybridized carbons (Fsp3) is 0.167. The average Bonchev–Trinajstić information content (AvgIpc) is 2.74. The van der Waals surface area contributed by atoms with Crippen LogP contribution in [0.25, 0.3) is 0 Å².